The summed E-state index contributed by atoms with van der Waals surface area (Å²) in [6.45, 7) is 6.57. The van der Waals surface area contributed by atoms with Gasteiger partial charge in [-0.25, -0.2) is 0 Å². The van der Waals surface area contributed by atoms with Crippen molar-refractivity contribution in [3.8, 4) is 0 Å². The van der Waals surface area contributed by atoms with E-state index in [2.05, 4.69) is 17.4 Å². The van der Waals surface area contributed by atoms with Crippen LogP contribution in [0.3, 0.4) is 0 Å². The fourth-order valence-corrected chi connectivity index (χ4v) is 3.51. The molecule has 1 atom stereocenters. The Hall–Kier alpha value is -1.84. The van der Waals surface area contributed by atoms with Gasteiger partial charge in [0.25, 0.3) is 0 Å². The molecule has 118 valence electrons. The van der Waals surface area contributed by atoms with Crippen molar-refractivity contribution in [2.24, 2.45) is 5.92 Å². The van der Waals surface area contributed by atoms with Gasteiger partial charge in [0.15, 0.2) is 0 Å². The fourth-order valence-electron chi connectivity index (χ4n) is 3.51. The summed E-state index contributed by atoms with van der Waals surface area (Å²) in [5, 5.41) is 3.14. The van der Waals surface area contributed by atoms with Crippen LogP contribution in [0.4, 0.5) is 0 Å². The van der Waals surface area contributed by atoms with Crippen LogP contribution in [0, 0.1) is 5.92 Å². The van der Waals surface area contributed by atoms with E-state index in [0.29, 0.717) is 13.0 Å². The molecule has 0 spiro atoms. The van der Waals surface area contributed by atoms with Crippen LogP contribution in [-0.4, -0.2) is 34.8 Å². The zero-order chi connectivity index (χ0) is 15.9. The molecule has 2 aliphatic rings. The molecule has 1 aromatic carbocycles. The lowest BCUT2D eigenvalue weighted by Gasteiger charge is -2.32. The Labute approximate surface area is 131 Å². The van der Waals surface area contributed by atoms with Gasteiger partial charge in [-0.05, 0) is 44.7 Å². The summed E-state index contributed by atoms with van der Waals surface area (Å²) in [7, 11) is 0. The number of benzene rings is 1. The minimum absolute atomic E-state index is 0.0258. The Bertz CT molecular complexity index is 578. The number of carbonyl (C=O) groups is 2. The summed E-state index contributed by atoms with van der Waals surface area (Å²) in [6.07, 6.45) is 2.12. The van der Waals surface area contributed by atoms with Crippen LogP contribution in [-0.2, 0) is 22.4 Å². The molecule has 2 amide bonds. The average molecular weight is 300 g/mol. The lowest BCUT2D eigenvalue weighted by molar-refractivity contribution is -0.132. The van der Waals surface area contributed by atoms with E-state index in [1.54, 1.807) is 0 Å². The summed E-state index contributed by atoms with van der Waals surface area (Å²) < 4.78 is 0. The Morgan fingerprint density at radius 2 is 1.73 bits per heavy atom. The Morgan fingerprint density at radius 1 is 1.14 bits per heavy atom. The molecule has 1 N–H and O–H groups in total. The molecule has 4 nitrogen and oxygen atoms in total. The number of carbonyl (C=O) groups excluding carboxylic acids is 2. The van der Waals surface area contributed by atoms with Gasteiger partial charge in [0.1, 0.15) is 0 Å². The smallest absolute Gasteiger partial charge is 0.225 e. The van der Waals surface area contributed by atoms with Gasteiger partial charge >= 0.3 is 0 Å². The van der Waals surface area contributed by atoms with E-state index < -0.39 is 0 Å². The van der Waals surface area contributed by atoms with Gasteiger partial charge in [0, 0.05) is 24.5 Å². The minimum atomic E-state index is -0.213. The average Bonchev–Trinajstić information content (AvgIpc) is 3.00. The number of rotatable bonds is 2. The normalized spacial score (nSPS) is 22.0. The van der Waals surface area contributed by atoms with Crippen LogP contribution < -0.4 is 5.32 Å². The van der Waals surface area contributed by atoms with E-state index in [-0.39, 0.29) is 29.3 Å². The molecule has 0 radical (unpaired) electrons. The highest BCUT2D eigenvalue weighted by Gasteiger charge is 2.40. The highest BCUT2D eigenvalue weighted by Crippen LogP contribution is 2.27. The van der Waals surface area contributed by atoms with Crippen LogP contribution in [0.5, 0.6) is 0 Å². The maximum Gasteiger partial charge on any atom is 0.225 e. The molecule has 1 heterocycles. The molecular weight excluding hydrogens is 276 g/mol. The second-order valence-corrected chi connectivity index (χ2v) is 7.46. The second-order valence-electron chi connectivity index (χ2n) is 7.46. The lowest BCUT2D eigenvalue weighted by Crippen LogP contribution is -2.44. The maximum atomic E-state index is 12.5. The van der Waals surface area contributed by atoms with Crippen LogP contribution in [0.25, 0.3) is 0 Å². The number of fused-ring (bicyclic) bond motifs is 1. The van der Waals surface area contributed by atoms with Crippen molar-refractivity contribution in [2.45, 2.75) is 51.6 Å². The molecule has 1 aliphatic carbocycles. The molecule has 0 aromatic heterocycles. The molecule has 1 saturated heterocycles. The Kier molecular flexibility index (Phi) is 3.71. The van der Waals surface area contributed by atoms with Crippen molar-refractivity contribution < 1.29 is 9.59 Å². The van der Waals surface area contributed by atoms with Crippen molar-refractivity contribution in [3.05, 3.63) is 35.4 Å². The van der Waals surface area contributed by atoms with Gasteiger partial charge in [-0.15, -0.1) is 0 Å². The topological polar surface area (TPSA) is 49.4 Å². The molecule has 0 saturated carbocycles. The van der Waals surface area contributed by atoms with Crippen molar-refractivity contribution in [1.29, 1.82) is 0 Å². The zero-order valence-electron chi connectivity index (χ0n) is 13.6. The van der Waals surface area contributed by atoms with Gasteiger partial charge in [0.05, 0.1) is 5.92 Å². The predicted octanol–water partition coefficient (Wildman–Crippen LogP) is 1.92. The number of amides is 2. The van der Waals surface area contributed by atoms with Crippen molar-refractivity contribution >= 4 is 11.8 Å². The molecule has 22 heavy (non-hydrogen) atoms. The fraction of sp³-hybridized carbons (Fsp3) is 0.556. The highest BCUT2D eigenvalue weighted by molar-refractivity contribution is 5.89. The lowest BCUT2D eigenvalue weighted by atomic mass is 10.1. The summed E-state index contributed by atoms with van der Waals surface area (Å²) in [5.41, 5.74) is 2.44. The molecule has 1 aromatic rings. The molecule has 1 aliphatic heterocycles. The first kappa shape index (κ1) is 15.1. The van der Waals surface area contributed by atoms with Crippen LogP contribution >= 0.6 is 0 Å². The van der Waals surface area contributed by atoms with Crippen LogP contribution in [0.15, 0.2) is 24.3 Å². The third kappa shape index (κ3) is 2.87. The molecule has 4 heteroatoms. The van der Waals surface area contributed by atoms with E-state index in [9.17, 15) is 9.59 Å². The number of nitrogens with zero attached hydrogens (tertiary/aromatic N) is 1. The summed E-state index contributed by atoms with van der Waals surface area (Å²) >= 11 is 0. The number of likely N-dealkylation sites (tertiary alicyclic amines) is 1. The largest absolute Gasteiger partial charge is 0.352 e. The molecule has 3 rings (SSSR count). The van der Waals surface area contributed by atoms with Crippen LogP contribution in [0.1, 0.15) is 38.3 Å². The van der Waals surface area contributed by atoms with E-state index in [0.717, 1.165) is 12.8 Å². The monoisotopic (exact) mass is 300 g/mol. The van der Waals surface area contributed by atoms with E-state index >= 15 is 0 Å². The molecule has 1 fully saturated rings. The van der Waals surface area contributed by atoms with Crippen LogP contribution in [0.2, 0.25) is 0 Å². The van der Waals surface area contributed by atoms with E-state index in [1.165, 1.54) is 11.1 Å². The van der Waals surface area contributed by atoms with Gasteiger partial charge in [0.2, 0.25) is 11.8 Å². The number of hydrogen-bond acceptors (Lipinski definition) is 2. The van der Waals surface area contributed by atoms with Gasteiger partial charge in [-0.1, -0.05) is 24.3 Å². The highest BCUT2D eigenvalue weighted by atomic mass is 16.2. The second kappa shape index (κ2) is 5.41. The SMILES string of the molecule is CC(C)(C)N1CC(C(=O)NC2Cc3ccccc3C2)CC1=O. The van der Waals surface area contributed by atoms with Gasteiger partial charge in [-0.3, -0.25) is 9.59 Å². The summed E-state index contributed by atoms with van der Waals surface area (Å²) in [5.74, 6) is -0.101. The first-order chi connectivity index (χ1) is 10.3. The summed E-state index contributed by atoms with van der Waals surface area (Å²) in [6, 6.07) is 8.51. The minimum Gasteiger partial charge on any atom is -0.352 e. The molecule has 1 unspecified atom stereocenters. The van der Waals surface area contributed by atoms with Crippen molar-refractivity contribution in [3.63, 3.8) is 0 Å². The van der Waals surface area contributed by atoms with Gasteiger partial charge < -0.3 is 10.2 Å². The van der Waals surface area contributed by atoms with E-state index in [4.69, 9.17) is 0 Å². The molecule has 0 bridgehead atoms. The quantitative estimate of drug-likeness (QED) is 0.907. The third-order valence-corrected chi connectivity index (χ3v) is 4.70. The Morgan fingerprint density at radius 3 is 2.23 bits per heavy atom. The zero-order valence-corrected chi connectivity index (χ0v) is 13.6. The Balaban J connectivity index is 1.59. The predicted molar refractivity (Wildman–Crippen MR) is 85.4 cm³/mol. The standard InChI is InChI=1S/C18H24N2O2/c1-18(2,3)20-11-14(10-16(20)21)17(22)19-15-8-12-6-4-5-7-13(12)9-15/h4-7,14-15H,8-11H2,1-3H3,(H,19,22). The summed E-state index contributed by atoms with van der Waals surface area (Å²) in [4.78, 5) is 26.4. The first-order valence-corrected chi connectivity index (χ1v) is 8.02. The van der Waals surface area contributed by atoms with E-state index in [1.807, 2.05) is 37.8 Å². The van der Waals surface area contributed by atoms with Crippen molar-refractivity contribution in [2.75, 3.05) is 6.54 Å². The number of hydrogen-bond donors (Lipinski definition) is 1. The van der Waals surface area contributed by atoms with Gasteiger partial charge in [-0.2, -0.15) is 0 Å². The maximum absolute atomic E-state index is 12.5. The third-order valence-electron chi connectivity index (χ3n) is 4.70. The molecular formula is C18H24N2O2. The van der Waals surface area contributed by atoms with Crippen molar-refractivity contribution in [1.82, 2.24) is 10.2 Å². The number of nitrogens with one attached hydrogen (secondary N) is 1. The first-order valence-electron chi connectivity index (χ1n) is 8.02.